The Morgan fingerprint density at radius 2 is 2.00 bits per heavy atom. The lowest BCUT2D eigenvalue weighted by Gasteiger charge is -2.36. The predicted octanol–water partition coefficient (Wildman–Crippen LogP) is 1.86. The molecule has 0 saturated carbocycles. The summed E-state index contributed by atoms with van der Waals surface area (Å²) in [7, 11) is 0. The predicted molar refractivity (Wildman–Crippen MR) is 76.4 cm³/mol. The van der Waals surface area contributed by atoms with Crippen molar-refractivity contribution in [1.29, 1.82) is 0 Å². The maximum Gasteiger partial charge on any atom is 0.409 e. The van der Waals surface area contributed by atoms with Crippen LogP contribution >= 0.6 is 0 Å². The van der Waals surface area contributed by atoms with Gasteiger partial charge >= 0.3 is 6.09 Å². The quantitative estimate of drug-likeness (QED) is 0.827. The Hall–Kier alpha value is -1.91. The number of nitrogens with two attached hydrogens (primary N) is 1. The summed E-state index contributed by atoms with van der Waals surface area (Å²) in [6.45, 7) is 7.32. The van der Waals surface area contributed by atoms with Crippen molar-refractivity contribution in [1.82, 2.24) is 4.90 Å². The van der Waals surface area contributed by atoms with Crippen molar-refractivity contribution >= 4 is 17.5 Å². The van der Waals surface area contributed by atoms with Crippen LogP contribution in [-0.2, 0) is 4.74 Å². The molecule has 1 heterocycles. The zero-order valence-electron chi connectivity index (χ0n) is 11.6. The minimum Gasteiger partial charge on any atom is -0.450 e. The summed E-state index contributed by atoms with van der Waals surface area (Å²) in [5, 5.41) is 0. The number of nitrogens with zero attached hydrogens (tertiary/aromatic N) is 2. The van der Waals surface area contributed by atoms with E-state index in [9.17, 15) is 4.79 Å². The molecule has 2 rings (SSSR count). The van der Waals surface area contributed by atoms with E-state index in [0.717, 1.165) is 24.5 Å². The number of carbonyl (C=O) groups excluding carboxylic acids is 1. The first kappa shape index (κ1) is 13.5. The Balaban J connectivity index is 2.00. The van der Waals surface area contributed by atoms with Crippen molar-refractivity contribution in [2.24, 2.45) is 0 Å². The average Bonchev–Trinajstić information content (AvgIpc) is 2.42. The summed E-state index contributed by atoms with van der Waals surface area (Å²) < 4.78 is 5.01. The van der Waals surface area contributed by atoms with Gasteiger partial charge in [-0.3, -0.25) is 0 Å². The lowest BCUT2D eigenvalue weighted by atomic mass is 10.1. The highest BCUT2D eigenvalue weighted by Gasteiger charge is 2.22. The van der Waals surface area contributed by atoms with E-state index in [4.69, 9.17) is 10.5 Å². The third kappa shape index (κ3) is 3.10. The van der Waals surface area contributed by atoms with Gasteiger partial charge in [0.25, 0.3) is 0 Å². The summed E-state index contributed by atoms with van der Waals surface area (Å²) in [5.74, 6) is 0. The molecule has 0 aromatic heterocycles. The van der Waals surface area contributed by atoms with Gasteiger partial charge in [0.1, 0.15) is 0 Å². The van der Waals surface area contributed by atoms with Gasteiger partial charge in [-0.25, -0.2) is 4.79 Å². The number of hydrogen-bond donors (Lipinski definition) is 1. The van der Waals surface area contributed by atoms with Gasteiger partial charge in [-0.15, -0.1) is 0 Å². The number of rotatable bonds is 2. The van der Waals surface area contributed by atoms with E-state index in [2.05, 4.69) is 11.8 Å². The third-order valence-electron chi connectivity index (χ3n) is 3.38. The zero-order chi connectivity index (χ0) is 13.8. The van der Waals surface area contributed by atoms with Gasteiger partial charge in [-0.2, -0.15) is 0 Å². The molecular weight excluding hydrogens is 242 g/mol. The number of amides is 1. The highest BCUT2D eigenvalue weighted by Crippen LogP contribution is 2.24. The van der Waals surface area contributed by atoms with Gasteiger partial charge in [0.2, 0.25) is 0 Å². The van der Waals surface area contributed by atoms with Gasteiger partial charge in [0.05, 0.1) is 6.61 Å². The van der Waals surface area contributed by atoms with Crippen LogP contribution in [0.15, 0.2) is 18.2 Å². The SMILES string of the molecule is CCOC(=O)N1CCN(c2cc(N)ccc2C)CC1. The smallest absolute Gasteiger partial charge is 0.409 e. The molecule has 5 heteroatoms. The van der Waals surface area contributed by atoms with Crippen LogP contribution in [-0.4, -0.2) is 43.8 Å². The van der Waals surface area contributed by atoms with Crippen LogP contribution in [0.4, 0.5) is 16.2 Å². The monoisotopic (exact) mass is 263 g/mol. The summed E-state index contributed by atoms with van der Waals surface area (Å²) >= 11 is 0. The average molecular weight is 263 g/mol. The minimum absolute atomic E-state index is 0.216. The Kier molecular flexibility index (Phi) is 4.14. The minimum atomic E-state index is -0.216. The molecule has 0 radical (unpaired) electrons. The fourth-order valence-corrected chi connectivity index (χ4v) is 2.31. The molecule has 0 bridgehead atoms. The molecule has 1 aromatic carbocycles. The van der Waals surface area contributed by atoms with Gasteiger partial charge in [-0.05, 0) is 31.5 Å². The van der Waals surface area contributed by atoms with Gasteiger partial charge < -0.3 is 20.3 Å². The van der Waals surface area contributed by atoms with Crippen LogP contribution < -0.4 is 10.6 Å². The number of nitrogen functional groups attached to an aromatic ring is 1. The second kappa shape index (κ2) is 5.82. The second-order valence-electron chi connectivity index (χ2n) is 4.72. The van der Waals surface area contributed by atoms with Crippen molar-refractivity contribution in [3.8, 4) is 0 Å². The molecule has 0 spiro atoms. The lowest BCUT2D eigenvalue weighted by molar-refractivity contribution is 0.105. The maximum atomic E-state index is 11.6. The molecule has 1 amide bonds. The van der Waals surface area contributed by atoms with Gasteiger partial charge in [0, 0.05) is 37.6 Å². The van der Waals surface area contributed by atoms with Crippen LogP contribution in [0.1, 0.15) is 12.5 Å². The highest BCUT2D eigenvalue weighted by molar-refractivity contribution is 5.68. The number of benzene rings is 1. The molecule has 0 unspecified atom stereocenters. The first-order valence-corrected chi connectivity index (χ1v) is 6.64. The van der Waals surface area contributed by atoms with Crippen molar-refractivity contribution in [2.45, 2.75) is 13.8 Å². The first-order valence-electron chi connectivity index (χ1n) is 6.64. The normalized spacial score (nSPS) is 15.5. The number of ether oxygens (including phenoxy) is 1. The molecule has 0 aliphatic carbocycles. The number of anilines is 2. The molecule has 1 saturated heterocycles. The molecule has 1 aliphatic rings. The zero-order valence-corrected chi connectivity index (χ0v) is 11.6. The summed E-state index contributed by atoms with van der Waals surface area (Å²) in [6, 6.07) is 5.94. The van der Waals surface area contributed by atoms with E-state index in [0.29, 0.717) is 19.7 Å². The number of hydrogen-bond acceptors (Lipinski definition) is 4. The standard InChI is InChI=1S/C14H21N3O2/c1-3-19-14(18)17-8-6-16(7-9-17)13-10-12(15)5-4-11(13)2/h4-5,10H,3,6-9,15H2,1-2H3. The third-order valence-corrected chi connectivity index (χ3v) is 3.38. The van der Waals surface area contributed by atoms with Gasteiger partial charge in [-0.1, -0.05) is 6.07 Å². The Bertz CT molecular complexity index is 454. The van der Waals surface area contributed by atoms with E-state index in [-0.39, 0.29) is 6.09 Å². The summed E-state index contributed by atoms with van der Waals surface area (Å²) in [4.78, 5) is 15.6. The van der Waals surface area contributed by atoms with Crippen LogP contribution in [0.25, 0.3) is 0 Å². The molecular formula is C14H21N3O2. The topological polar surface area (TPSA) is 58.8 Å². The number of carbonyl (C=O) groups is 1. The molecule has 2 N–H and O–H groups in total. The summed E-state index contributed by atoms with van der Waals surface area (Å²) in [6.07, 6.45) is -0.216. The molecule has 104 valence electrons. The second-order valence-corrected chi connectivity index (χ2v) is 4.72. The molecule has 0 atom stereocenters. The molecule has 1 aliphatic heterocycles. The van der Waals surface area contributed by atoms with E-state index in [1.165, 1.54) is 5.56 Å². The number of piperazine rings is 1. The van der Waals surface area contributed by atoms with Crippen molar-refractivity contribution in [3.63, 3.8) is 0 Å². The van der Waals surface area contributed by atoms with Crippen LogP contribution in [0.5, 0.6) is 0 Å². The Morgan fingerprint density at radius 3 is 2.63 bits per heavy atom. The van der Waals surface area contributed by atoms with Gasteiger partial charge in [0.15, 0.2) is 0 Å². The Morgan fingerprint density at radius 1 is 1.32 bits per heavy atom. The van der Waals surface area contributed by atoms with E-state index >= 15 is 0 Å². The fourth-order valence-electron chi connectivity index (χ4n) is 2.31. The van der Waals surface area contributed by atoms with Crippen LogP contribution in [0.3, 0.4) is 0 Å². The molecule has 1 fully saturated rings. The molecule has 1 aromatic rings. The van der Waals surface area contributed by atoms with Crippen LogP contribution in [0, 0.1) is 6.92 Å². The van der Waals surface area contributed by atoms with Crippen molar-refractivity contribution in [2.75, 3.05) is 43.4 Å². The van der Waals surface area contributed by atoms with E-state index < -0.39 is 0 Å². The van der Waals surface area contributed by atoms with E-state index in [1.54, 1.807) is 4.90 Å². The Labute approximate surface area is 113 Å². The first-order chi connectivity index (χ1) is 9.11. The summed E-state index contributed by atoms with van der Waals surface area (Å²) in [5.41, 5.74) is 8.97. The van der Waals surface area contributed by atoms with Crippen molar-refractivity contribution < 1.29 is 9.53 Å². The maximum absolute atomic E-state index is 11.6. The highest BCUT2D eigenvalue weighted by atomic mass is 16.6. The fraction of sp³-hybridized carbons (Fsp3) is 0.500. The lowest BCUT2D eigenvalue weighted by Crippen LogP contribution is -2.49. The van der Waals surface area contributed by atoms with Crippen molar-refractivity contribution in [3.05, 3.63) is 23.8 Å². The molecule has 19 heavy (non-hydrogen) atoms. The molecule has 5 nitrogen and oxygen atoms in total. The number of aryl methyl sites for hydroxylation is 1. The van der Waals surface area contributed by atoms with Crippen LogP contribution in [0.2, 0.25) is 0 Å². The van der Waals surface area contributed by atoms with E-state index in [1.807, 2.05) is 25.1 Å². The largest absolute Gasteiger partial charge is 0.450 e.